The summed E-state index contributed by atoms with van der Waals surface area (Å²) in [6.45, 7) is 7.66. The first-order chi connectivity index (χ1) is 14.6. The molecule has 1 aromatic carbocycles. The second kappa shape index (κ2) is 12.9. The van der Waals surface area contributed by atoms with Gasteiger partial charge in [0.15, 0.2) is 0 Å². The molecule has 0 saturated heterocycles. The molecule has 0 aliphatic rings. The van der Waals surface area contributed by atoms with Crippen molar-refractivity contribution in [1.29, 1.82) is 0 Å². The van der Waals surface area contributed by atoms with Crippen molar-refractivity contribution in [3.8, 4) is 11.1 Å². The van der Waals surface area contributed by atoms with E-state index in [-0.39, 0.29) is 33.0 Å². The van der Waals surface area contributed by atoms with Gasteiger partial charge in [-0.25, -0.2) is 4.79 Å². The highest BCUT2D eigenvalue weighted by Gasteiger charge is 2.26. The molecule has 0 bridgehead atoms. The third-order valence-corrected chi connectivity index (χ3v) is 4.59. The Morgan fingerprint density at radius 1 is 1.10 bits per heavy atom. The molecule has 8 heteroatoms. The molecule has 0 aliphatic heterocycles. The summed E-state index contributed by atoms with van der Waals surface area (Å²) in [6.07, 6.45) is 0. The molecule has 8 nitrogen and oxygen atoms in total. The van der Waals surface area contributed by atoms with Crippen molar-refractivity contribution < 1.29 is 29.6 Å². The summed E-state index contributed by atoms with van der Waals surface area (Å²) in [4.78, 5) is 15.6. The number of benzene rings is 1. The van der Waals surface area contributed by atoms with Gasteiger partial charge in [-0.2, -0.15) is 0 Å². The van der Waals surface area contributed by atoms with Gasteiger partial charge in [0.1, 0.15) is 5.69 Å². The number of carbonyl (C=O) groups is 1. The Labute approximate surface area is 177 Å². The molecule has 0 atom stereocenters. The molecule has 5 N–H and O–H groups in total. The number of methoxy groups -OCH3 is 1. The summed E-state index contributed by atoms with van der Waals surface area (Å²) in [5, 5.41) is 32.4. The van der Waals surface area contributed by atoms with Crippen molar-refractivity contribution in [1.82, 2.24) is 10.3 Å². The maximum absolute atomic E-state index is 12.5. The van der Waals surface area contributed by atoms with Gasteiger partial charge in [0.2, 0.25) is 0 Å². The van der Waals surface area contributed by atoms with Gasteiger partial charge >= 0.3 is 5.97 Å². The van der Waals surface area contributed by atoms with Crippen molar-refractivity contribution in [2.45, 2.75) is 39.9 Å². The van der Waals surface area contributed by atoms with Gasteiger partial charge in [-0.15, -0.1) is 13.2 Å². The molecule has 2 rings (SSSR count). The number of ether oxygens (including phenoxy) is 2. The number of aromatic nitrogens is 1. The zero-order valence-electron chi connectivity index (χ0n) is 17.9. The highest BCUT2D eigenvalue weighted by molar-refractivity contribution is 5.93. The van der Waals surface area contributed by atoms with E-state index in [1.165, 1.54) is 7.11 Å². The molecule has 0 unspecified atom stereocenters. The van der Waals surface area contributed by atoms with E-state index < -0.39 is 5.97 Å². The minimum atomic E-state index is -0.488. The lowest BCUT2D eigenvalue weighted by Crippen LogP contribution is -2.09. The molecule has 0 aliphatic carbocycles. The van der Waals surface area contributed by atoms with Crippen LogP contribution in [-0.2, 0) is 42.4 Å². The second-order valence-electron chi connectivity index (χ2n) is 6.22. The summed E-state index contributed by atoms with van der Waals surface area (Å²) < 4.78 is 10.5. The zero-order valence-corrected chi connectivity index (χ0v) is 17.9. The molecule has 1 heterocycles. The number of hydrogen-bond donors (Lipinski definition) is 5. The quantitative estimate of drug-likeness (QED) is 0.294. The van der Waals surface area contributed by atoms with E-state index in [4.69, 9.17) is 9.47 Å². The Hall–Kier alpha value is -2.49. The lowest BCUT2D eigenvalue weighted by atomic mass is 9.90. The van der Waals surface area contributed by atoms with Gasteiger partial charge in [-0.1, -0.05) is 12.1 Å². The molecule has 0 saturated carbocycles. The smallest absolute Gasteiger partial charge is 0.355 e. The van der Waals surface area contributed by atoms with E-state index in [2.05, 4.69) is 23.5 Å². The summed E-state index contributed by atoms with van der Waals surface area (Å²) in [6, 6.07) is 3.48. The first-order valence-corrected chi connectivity index (χ1v) is 9.58. The molecular formula is C22H32N2O6. The lowest BCUT2D eigenvalue weighted by molar-refractivity contribution is 0.0515. The van der Waals surface area contributed by atoms with Crippen molar-refractivity contribution in [3.05, 3.63) is 58.9 Å². The molecule has 30 heavy (non-hydrogen) atoms. The van der Waals surface area contributed by atoms with E-state index in [1.807, 2.05) is 0 Å². The number of hydrogen-bond acceptors (Lipinski definition) is 7. The van der Waals surface area contributed by atoms with Crippen molar-refractivity contribution in [3.63, 3.8) is 0 Å². The van der Waals surface area contributed by atoms with Crippen LogP contribution in [0.25, 0.3) is 11.1 Å². The highest BCUT2D eigenvalue weighted by atomic mass is 16.5. The van der Waals surface area contributed by atoms with Gasteiger partial charge in [0.25, 0.3) is 0 Å². The number of carbonyl (C=O) groups excluding carboxylic acids is 1. The topological polar surface area (TPSA) is 124 Å². The molecule has 0 spiro atoms. The van der Waals surface area contributed by atoms with E-state index in [0.29, 0.717) is 45.6 Å². The van der Waals surface area contributed by atoms with Crippen LogP contribution in [0, 0.1) is 0 Å². The fraction of sp³-hybridized carbons (Fsp3) is 0.409. The molecule has 1 aromatic heterocycles. The first-order valence-electron chi connectivity index (χ1n) is 9.58. The average Bonchev–Trinajstić information content (AvgIpc) is 3.12. The van der Waals surface area contributed by atoms with E-state index in [0.717, 1.165) is 5.69 Å². The van der Waals surface area contributed by atoms with Crippen LogP contribution < -0.4 is 5.32 Å². The minimum absolute atomic E-state index is 0.158. The average molecular weight is 421 g/mol. The molecular weight excluding hydrogens is 388 g/mol. The van der Waals surface area contributed by atoms with E-state index in [9.17, 15) is 20.1 Å². The van der Waals surface area contributed by atoms with Crippen LogP contribution in [0.2, 0.25) is 0 Å². The largest absolute Gasteiger partial charge is 0.461 e. The second-order valence-corrected chi connectivity index (χ2v) is 6.22. The molecule has 166 valence electrons. The van der Waals surface area contributed by atoms with Gasteiger partial charge in [-0.3, -0.25) is 0 Å². The monoisotopic (exact) mass is 420 g/mol. The van der Waals surface area contributed by atoms with Crippen LogP contribution >= 0.6 is 0 Å². The third-order valence-electron chi connectivity index (χ3n) is 4.59. The van der Waals surface area contributed by atoms with Crippen LogP contribution in [0.5, 0.6) is 0 Å². The molecule has 0 fully saturated rings. The number of nitrogens with one attached hydrogen (secondary N) is 2. The Kier molecular flexibility index (Phi) is 11.0. The fourth-order valence-corrected chi connectivity index (χ4v) is 3.40. The number of H-pyrrole nitrogens is 1. The van der Waals surface area contributed by atoms with Gasteiger partial charge in [0.05, 0.1) is 33.0 Å². The van der Waals surface area contributed by atoms with E-state index in [1.54, 1.807) is 26.1 Å². The summed E-state index contributed by atoms with van der Waals surface area (Å²) >= 11 is 0. The Balaban J connectivity index is 0.00000218. The van der Waals surface area contributed by atoms with Crippen LogP contribution in [0.4, 0.5) is 0 Å². The molecule has 0 radical (unpaired) electrons. The van der Waals surface area contributed by atoms with Crippen LogP contribution in [-0.4, -0.2) is 47.0 Å². The van der Waals surface area contributed by atoms with Crippen LogP contribution in [0.3, 0.4) is 0 Å². The molecule has 0 amide bonds. The minimum Gasteiger partial charge on any atom is -0.461 e. The fourth-order valence-electron chi connectivity index (χ4n) is 3.40. The number of aliphatic hydroxyl groups is 3. The zero-order chi connectivity index (χ0) is 22.7. The maximum Gasteiger partial charge on any atom is 0.355 e. The van der Waals surface area contributed by atoms with Crippen LogP contribution in [0.1, 0.15) is 45.4 Å². The third kappa shape index (κ3) is 5.35. The predicted molar refractivity (Wildman–Crippen MR) is 115 cm³/mol. The van der Waals surface area contributed by atoms with Gasteiger partial charge in [-0.05, 0) is 36.2 Å². The number of esters is 1. The summed E-state index contributed by atoms with van der Waals surface area (Å²) in [7, 11) is 3.32. The highest BCUT2D eigenvalue weighted by Crippen LogP contribution is 2.36. The van der Waals surface area contributed by atoms with E-state index >= 15 is 0 Å². The maximum atomic E-state index is 12.5. The number of aromatic amines is 1. The Morgan fingerprint density at radius 2 is 1.77 bits per heavy atom. The van der Waals surface area contributed by atoms with Crippen molar-refractivity contribution in [2.24, 2.45) is 0 Å². The standard InChI is InChI=1S/C20H28N2O6.C2H4/c1-4-28-20(26)19-16(11-27-3)18(17(22-19)7-21-2)13-6-5-12(8-23)14(9-24)15(13)10-25;1-2/h5-6,21-25H,4,7-11H2,1-3H3;1-2H2. The lowest BCUT2D eigenvalue weighted by Gasteiger charge is -2.17. The summed E-state index contributed by atoms with van der Waals surface area (Å²) in [5.74, 6) is -0.488. The Morgan fingerprint density at radius 3 is 2.27 bits per heavy atom. The van der Waals surface area contributed by atoms with Gasteiger partial charge in [0, 0.05) is 30.5 Å². The SMILES string of the molecule is C=C.CCOC(=O)c1[nH]c(CNC)c(-c2ccc(CO)c(CO)c2CO)c1COC. The number of aliphatic hydroxyl groups excluding tert-OH is 3. The van der Waals surface area contributed by atoms with Gasteiger partial charge < -0.3 is 35.1 Å². The predicted octanol–water partition coefficient (Wildman–Crippen LogP) is 2.00. The van der Waals surface area contributed by atoms with Crippen molar-refractivity contribution >= 4 is 5.97 Å². The van der Waals surface area contributed by atoms with Crippen molar-refractivity contribution in [2.75, 3.05) is 20.8 Å². The number of rotatable bonds is 10. The normalized spacial score (nSPS) is 10.5. The Bertz CT molecular complexity index is 832. The van der Waals surface area contributed by atoms with Crippen LogP contribution in [0.15, 0.2) is 25.3 Å². The molecule has 2 aromatic rings. The first kappa shape index (κ1) is 25.5. The summed E-state index contributed by atoms with van der Waals surface area (Å²) in [5.41, 5.74) is 4.52.